The standard InChI is InChI=1S/C21H19N3O4S/c1-14-3-4-15(2)19(11-14)29-18-8-5-16(6-9-18)22-20(25)13-23-12-17(24(27)28)7-10-21(23)26/h3-12H,13H2,1-2H3,(H,22,25). The van der Waals surface area contributed by atoms with Gasteiger partial charge in [0.25, 0.3) is 11.2 Å². The van der Waals surface area contributed by atoms with E-state index in [0.29, 0.717) is 5.69 Å². The Kier molecular flexibility index (Phi) is 6.13. The van der Waals surface area contributed by atoms with Crippen LogP contribution in [0.25, 0.3) is 0 Å². The van der Waals surface area contributed by atoms with Crippen LogP contribution in [0.15, 0.2) is 75.4 Å². The summed E-state index contributed by atoms with van der Waals surface area (Å²) >= 11 is 1.64. The van der Waals surface area contributed by atoms with E-state index in [2.05, 4.69) is 37.4 Å². The predicted octanol–water partition coefficient (Wildman–Crippen LogP) is 4.16. The molecule has 1 N–H and O–H groups in total. The average Bonchev–Trinajstić information content (AvgIpc) is 2.68. The number of nitro groups is 1. The zero-order chi connectivity index (χ0) is 21.0. The minimum absolute atomic E-state index is 0.245. The number of pyridine rings is 1. The van der Waals surface area contributed by atoms with E-state index in [4.69, 9.17) is 0 Å². The van der Waals surface area contributed by atoms with Crippen LogP contribution in [0, 0.1) is 24.0 Å². The van der Waals surface area contributed by atoms with Crippen molar-refractivity contribution in [3.8, 4) is 0 Å². The molecule has 3 rings (SSSR count). The second kappa shape index (κ2) is 8.74. The molecule has 0 saturated heterocycles. The second-order valence-corrected chi connectivity index (χ2v) is 7.67. The Morgan fingerprint density at radius 2 is 1.83 bits per heavy atom. The van der Waals surface area contributed by atoms with Gasteiger partial charge in [0.15, 0.2) is 0 Å². The van der Waals surface area contributed by atoms with Gasteiger partial charge in [0.05, 0.1) is 11.1 Å². The van der Waals surface area contributed by atoms with Crippen LogP contribution < -0.4 is 10.9 Å². The Bertz CT molecular complexity index is 1120. The molecule has 0 bridgehead atoms. The lowest BCUT2D eigenvalue weighted by Crippen LogP contribution is -2.26. The lowest BCUT2D eigenvalue weighted by atomic mass is 10.2. The van der Waals surface area contributed by atoms with Crippen molar-refractivity contribution < 1.29 is 9.72 Å². The highest BCUT2D eigenvalue weighted by atomic mass is 32.2. The number of carbonyl (C=O) groups excluding carboxylic acids is 1. The van der Waals surface area contributed by atoms with Gasteiger partial charge in [-0.1, -0.05) is 23.9 Å². The van der Waals surface area contributed by atoms with Crippen molar-refractivity contribution in [2.75, 3.05) is 5.32 Å². The van der Waals surface area contributed by atoms with Gasteiger partial charge in [-0.05, 0) is 55.3 Å². The van der Waals surface area contributed by atoms with Gasteiger partial charge in [-0.2, -0.15) is 0 Å². The molecule has 0 spiro atoms. The number of hydrogen-bond acceptors (Lipinski definition) is 5. The highest BCUT2D eigenvalue weighted by molar-refractivity contribution is 7.99. The fraction of sp³-hybridized carbons (Fsp3) is 0.143. The largest absolute Gasteiger partial charge is 0.325 e. The Morgan fingerprint density at radius 1 is 1.10 bits per heavy atom. The monoisotopic (exact) mass is 409 g/mol. The molecule has 1 aromatic heterocycles. The summed E-state index contributed by atoms with van der Waals surface area (Å²) in [6, 6.07) is 15.8. The molecule has 0 saturated carbocycles. The van der Waals surface area contributed by atoms with Crippen LogP contribution in [0.1, 0.15) is 11.1 Å². The fourth-order valence-corrected chi connectivity index (χ4v) is 3.66. The summed E-state index contributed by atoms with van der Waals surface area (Å²) in [5.74, 6) is -0.442. The normalized spacial score (nSPS) is 10.6. The van der Waals surface area contributed by atoms with Gasteiger partial charge in [-0.15, -0.1) is 0 Å². The Balaban J connectivity index is 1.66. The van der Waals surface area contributed by atoms with E-state index in [0.717, 1.165) is 27.8 Å². The van der Waals surface area contributed by atoms with E-state index in [1.807, 2.05) is 12.1 Å². The van der Waals surface area contributed by atoms with Crippen LogP contribution in [0.3, 0.4) is 0 Å². The maximum Gasteiger partial charge on any atom is 0.285 e. The van der Waals surface area contributed by atoms with Gasteiger partial charge in [0, 0.05) is 27.6 Å². The molecule has 148 valence electrons. The third-order valence-corrected chi connectivity index (χ3v) is 5.37. The molecule has 0 aliphatic heterocycles. The first-order chi connectivity index (χ1) is 13.8. The van der Waals surface area contributed by atoms with Crippen molar-refractivity contribution in [2.45, 2.75) is 30.2 Å². The summed E-state index contributed by atoms with van der Waals surface area (Å²) in [6.45, 7) is 3.81. The lowest BCUT2D eigenvalue weighted by molar-refractivity contribution is -0.385. The number of nitrogens with zero attached hydrogens (tertiary/aromatic N) is 2. The van der Waals surface area contributed by atoms with Gasteiger partial charge >= 0.3 is 0 Å². The van der Waals surface area contributed by atoms with Crippen molar-refractivity contribution >= 4 is 29.0 Å². The van der Waals surface area contributed by atoms with Gasteiger partial charge in [0.1, 0.15) is 6.54 Å². The number of carbonyl (C=O) groups is 1. The number of anilines is 1. The van der Waals surface area contributed by atoms with Crippen LogP contribution in [-0.2, 0) is 11.3 Å². The van der Waals surface area contributed by atoms with Crippen LogP contribution in [0.4, 0.5) is 11.4 Å². The Labute approximate surface area is 171 Å². The van der Waals surface area contributed by atoms with Crippen LogP contribution in [-0.4, -0.2) is 15.4 Å². The molecular formula is C21H19N3O4S. The molecule has 3 aromatic rings. The highest BCUT2D eigenvalue weighted by Gasteiger charge is 2.11. The minimum atomic E-state index is -0.611. The summed E-state index contributed by atoms with van der Waals surface area (Å²) in [6.07, 6.45) is 1.06. The molecule has 0 fully saturated rings. The lowest BCUT2D eigenvalue weighted by Gasteiger charge is -2.09. The SMILES string of the molecule is Cc1ccc(C)c(Sc2ccc(NC(=O)Cn3cc([N+](=O)[O-])ccc3=O)cc2)c1. The van der Waals surface area contributed by atoms with Crippen molar-refractivity contribution in [3.05, 3.63) is 92.4 Å². The maximum absolute atomic E-state index is 12.2. The molecule has 0 unspecified atom stereocenters. The average molecular weight is 409 g/mol. The number of hydrogen-bond donors (Lipinski definition) is 1. The molecule has 0 aliphatic carbocycles. The van der Waals surface area contributed by atoms with Crippen molar-refractivity contribution in [1.82, 2.24) is 4.57 Å². The van der Waals surface area contributed by atoms with Crippen LogP contribution >= 0.6 is 11.8 Å². The summed E-state index contributed by atoms with van der Waals surface area (Å²) in [5.41, 5.74) is 2.24. The predicted molar refractivity (Wildman–Crippen MR) is 112 cm³/mol. The number of benzene rings is 2. The summed E-state index contributed by atoms with van der Waals surface area (Å²) in [4.78, 5) is 36.5. The minimum Gasteiger partial charge on any atom is -0.325 e. The van der Waals surface area contributed by atoms with Gasteiger partial charge in [0.2, 0.25) is 5.91 Å². The molecule has 29 heavy (non-hydrogen) atoms. The molecule has 0 atom stereocenters. The van der Waals surface area contributed by atoms with E-state index < -0.39 is 16.4 Å². The van der Waals surface area contributed by atoms with E-state index in [-0.39, 0.29) is 12.2 Å². The van der Waals surface area contributed by atoms with Crippen LogP contribution in [0.5, 0.6) is 0 Å². The maximum atomic E-state index is 12.2. The molecule has 2 aromatic carbocycles. The summed E-state index contributed by atoms with van der Waals surface area (Å²) < 4.78 is 1.01. The zero-order valence-electron chi connectivity index (χ0n) is 15.9. The third-order valence-electron chi connectivity index (χ3n) is 4.20. The number of aromatic nitrogens is 1. The smallest absolute Gasteiger partial charge is 0.285 e. The number of rotatable bonds is 6. The van der Waals surface area contributed by atoms with E-state index in [1.54, 1.807) is 23.9 Å². The summed E-state index contributed by atoms with van der Waals surface area (Å²) in [5, 5.41) is 13.5. The van der Waals surface area contributed by atoms with Crippen molar-refractivity contribution in [1.29, 1.82) is 0 Å². The molecular weight excluding hydrogens is 390 g/mol. The first kappa shape index (κ1) is 20.3. The summed E-state index contributed by atoms with van der Waals surface area (Å²) in [7, 11) is 0. The fourth-order valence-electron chi connectivity index (χ4n) is 2.66. The molecule has 0 radical (unpaired) electrons. The molecule has 8 heteroatoms. The number of nitrogens with one attached hydrogen (secondary N) is 1. The highest BCUT2D eigenvalue weighted by Crippen LogP contribution is 2.31. The molecule has 1 heterocycles. The zero-order valence-corrected chi connectivity index (χ0v) is 16.7. The Hall–Kier alpha value is -3.39. The first-order valence-electron chi connectivity index (χ1n) is 8.82. The van der Waals surface area contributed by atoms with Crippen molar-refractivity contribution in [2.24, 2.45) is 0 Å². The number of amides is 1. The van der Waals surface area contributed by atoms with Crippen molar-refractivity contribution in [3.63, 3.8) is 0 Å². The number of aryl methyl sites for hydroxylation is 2. The van der Waals surface area contributed by atoms with E-state index in [9.17, 15) is 19.7 Å². The molecule has 0 aliphatic rings. The van der Waals surface area contributed by atoms with Gasteiger partial charge in [-0.3, -0.25) is 24.3 Å². The Morgan fingerprint density at radius 3 is 2.52 bits per heavy atom. The second-order valence-electron chi connectivity index (χ2n) is 6.55. The third kappa shape index (κ3) is 5.32. The van der Waals surface area contributed by atoms with Gasteiger partial charge in [-0.25, -0.2) is 0 Å². The first-order valence-corrected chi connectivity index (χ1v) is 9.63. The van der Waals surface area contributed by atoms with Gasteiger partial charge < -0.3 is 5.32 Å². The topological polar surface area (TPSA) is 94.2 Å². The van der Waals surface area contributed by atoms with E-state index >= 15 is 0 Å². The van der Waals surface area contributed by atoms with E-state index in [1.165, 1.54) is 16.0 Å². The quantitative estimate of drug-likeness (QED) is 0.487. The molecule has 1 amide bonds. The van der Waals surface area contributed by atoms with Crippen LogP contribution in [0.2, 0.25) is 0 Å². The molecule has 7 nitrogen and oxygen atoms in total.